The van der Waals surface area contributed by atoms with Crippen molar-refractivity contribution in [2.45, 2.75) is 91.9 Å². The zero-order valence-electron chi connectivity index (χ0n) is 21.7. The molecule has 2 unspecified atom stereocenters. The fourth-order valence-corrected chi connectivity index (χ4v) is 4.82. The monoisotopic (exact) mass is 514 g/mol. The third kappa shape index (κ3) is 6.88. The molecule has 0 aliphatic heterocycles. The predicted octanol–water partition coefficient (Wildman–Crippen LogP) is 8.69. The van der Waals surface area contributed by atoms with E-state index < -0.39 is 23.3 Å². The average molecular weight is 515 g/mol. The van der Waals surface area contributed by atoms with Crippen LogP contribution in [-0.4, -0.2) is 9.79 Å². The molecule has 2 N–H and O–H groups in total. The summed E-state index contributed by atoms with van der Waals surface area (Å²) in [6, 6.07) is 7.87. The van der Waals surface area contributed by atoms with Gasteiger partial charge >= 0.3 is 17.4 Å². The molecule has 0 aromatic heterocycles. The van der Waals surface area contributed by atoms with Gasteiger partial charge in [0.25, 0.3) is 0 Å². The minimum Gasteiger partial charge on any atom is -0.423 e. The molecule has 0 saturated heterocycles. The molecule has 2 rings (SSSR count). The molecule has 0 amide bonds. The van der Waals surface area contributed by atoms with Crippen molar-refractivity contribution in [2.75, 3.05) is 0 Å². The molecule has 8 heteroatoms. The molecular weight excluding hydrogens is 476 g/mol. The Hall–Kier alpha value is -1.32. The molecular formula is C26H38F2O4P2. The van der Waals surface area contributed by atoms with Gasteiger partial charge in [-0.05, 0) is 34.8 Å². The topological polar surface area (TPSA) is 58.9 Å². The van der Waals surface area contributed by atoms with Gasteiger partial charge in [-0.3, -0.25) is 0 Å². The third-order valence-corrected chi connectivity index (χ3v) is 6.72. The van der Waals surface area contributed by atoms with Crippen molar-refractivity contribution >= 4 is 17.4 Å². The third-order valence-electron chi connectivity index (χ3n) is 6.05. The van der Waals surface area contributed by atoms with Gasteiger partial charge in [0.15, 0.2) is 0 Å². The normalized spacial score (nSPS) is 15.1. The summed E-state index contributed by atoms with van der Waals surface area (Å²) in [7, 11) is -6.30. The van der Waals surface area contributed by atoms with Gasteiger partial charge in [-0.2, -0.15) is 0 Å². The summed E-state index contributed by atoms with van der Waals surface area (Å²) < 4.78 is 38.6. The van der Waals surface area contributed by atoms with Crippen LogP contribution >= 0.6 is 17.4 Å². The van der Waals surface area contributed by atoms with Gasteiger partial charge in [0.05, 0.1) is 0 Å². The molecule has 0 heterocycles. The SMILES string of the molecule is CCc1cc(C(C)c2cc(CC)cc(C(C)(C)C)c2OP(O)F)c(OP(O)F)c(C(C)(C)C)c1. The van der Waals surface area contributed by atoms with Crippen molar-refractivity contribution < 1.29 is 27.2 Å². The molecule has 0 fully saturated rings. The molecule has 0 aliphatic carbocycles. The second-order valence-corrected chi connectivity index (χ2v) is 12.0. The molecule has 34 heavy (non-hydrogen) atoms. The molecule has 2 aromatic carbocycles. The maximum Gasteiger partial charge on any atom is 0.436 e. The highest BCUT2D eigenvalue weighted by Crippen LogP contribution is 2.50. The van der Waals surface area contributed by atoms with Gasteiger partial charge in [-0.25, -0.2) is 0 Å². The average Bonchev–Trinajstić information content (AvgIpc) is 2.70. The van der Waals surface area contributed by atoms with E-state index in [1.165, 1.54) is 0 Å². The maximum atomic E-state index is 13.9. The second kappa shape index (κ2) is 11.2. The van der Waals surface area contributed by atoms with Crippen molar-refractivity contribution in [1.29, 1.82) is 0 Å². The summed E-state index contributed by atoms with van der Waals surface area (Å²) >= 11 is 0. The second-order valence-electron chi connectivity index (χ2n) is 10.7. The van der Waals surface area contributed by atoms with Crippen LogP contribution in [0, 0.1) is 0 Å². The fraction of sp³-hybridized carbons (Fsp3) is 0.538. The zero-order chi connectivity index (χ0) is 26.0. The van der Waals surface area contributed by atoms with Gasteiger partial charge < -0.3 is 18.8 Å². The van der Waals surface area contributed by atoms with E-state index >= 15 is 0 Å². The van der Waals surface area contributed by atoms with Crippen LogP contribution in [0.15, 0.2) is 24.3 Å². The Morgan fingerprint density at radius 1 is 0.735 bits per heavy atom. The van der Waals surface area contributed by atoms with Crippen molar-refractivity contribution in [3.63, 3.8) is 0 Å². The van der Waals surface area contributed by atoms with E-state index in [9.17, 15) is 18.2 Å². The number of hydrogen-bond acceptors (Lipinski definition) is 4. The Morgan fingerprint density at radius 2 is 1.06 bits per heavy atom. The first-order valence-corrected chi connectivity index (χ1v) is 13.8. The van der Waals surface area contributed by atoms with Crippen molar-refractivity contribution in [2.24, 2.45) is 0 Å². The van der Waals surface area contributed by atoms with Crippen LogP contribution < -0.4 is 9.05 Å². The summed E-state index contributed by atoms with van der Waals surface area (Å²) in [6.45, 7) is 18.0. The summed E-state index contributed by atoms with van der Waals surface area (Å²) in [5, 5.41) is 0. The van der Waals surface area contributed by atoms with E-state index in [4.69, 9.17) is 9.05 Å². The highest BCUT2D eigenvalue weighted by Gasteiger charge is 2.31. The van der Waals surface area contributed by atoms with E-state index in [1.54, 1.807) is 0 Å². The van der Waals surface area contributed by atoms with Crippen LogP contribution in [-0.2, 0) is 23.7 Å². The Balaban J connectivity index is 2.93. The molecule has 0 saturated carbocycles. The van der Waals surface area contributed by atoms with Gasteiger partial charge in [0.2, 0.25) is 0 Å². The van der Waals surface area contributed by atoms with Gasteiger partial charge in [-0.1, -0.05) is 86.6 Å². The molecule has 4 nitrogen and oxygen atoms in total. The van der Waals surface area contributed by atoms with Gasteiger partial charge in [-0.15, -0.1) is 8.39 Å². The van der Waals surface area contributed by atoms with Crippen LogP contribution in [0.2, 0.25) is 0 Å². The Morgan fingerprint density at radius 3 is 1.29 bits per heavy atom. The standard InChI is InChI=1S/C26H38F2O4P2/c1-10-17-12-19(23(31-33(27)29)21(14-17)25(4,5)6)16(3)20-13-18(11-2)15-22(26(7,8)9)24(20)32-34(28)30/h12-16,29-30H,10-11H2,1-9H3. The zero-order valence-corrected chi connectivity index (χ0v) is 23.5. The highest BCUT2D eigenvalue weighted by molar-refractivity contribution is 7.40. The van der Waals surface area contributed by atoms with E-state index in [-0.39, 0.29) is 10.8 Å². The summed E-state index contributed by atoms with van der Waals surface area (Å²) in [6.07, 6.45) is 1.51. The van der Waals surface area contributed by atoms with Crippen molar-refractivity contribution in [3.8, 4) is 11.5 Å². The van der Waals surface area contributed by atoms with E-state index in [1.807, 2.05) is 86.6 Å². The van der Waals surface area contributed by atoms with E-state index in [0.717, 1.165) is 35.1 Å². The Kier molecular flexibility index (Phi) is 9.49. The molecule has 0 bridgehead atoms. The quantitative estimate of drug-likeness (QED) is 0.346. The van der Waals surface area contributed by atoms with E-state index in [0.29, 0.717) is 22.6 Å². The molecule has 0 spiro atoms. The van der Waals surface area contributed by atoms with Crippen molar-refractivity contribution in [3.05, 3.63) is 57.6 Å². The van der Waals surface area contributed by atoms with Crippen LogP contribution in [0.4, 0.5) is 8.39 Å². The lowest BCUT2D eigenvalue weighted by Crippen LogP contribution is -2.17. The van der Waals surface area contributed by atoms with Gasteiger partial charge in [0.1, 0.15) is 11.5 Å². The fourth-order valence-electron chi connectivity index (χ4n) is 4.11. The molecule has 2 aromatic rings. The lowest BCUT2D eigenvalue weighted by atomic mass is 9.78. The van der Waals surface area contributed by atoms with Crippen LogP contribution in [0.3, 0.4) is 0 Å². The largest absolute Gasteiger partial charge is 0.436 e. The molecule has 190 valence electrons. The number of benzene rings is 2. The first-order chi connectivity index (χ1) is 15.6. The minimum atomic E-state index is -3.15. The Labute approximate surface area is 205 Å². The number of rotatable bonds is 8. The number of hydrogen-bond donors (Lipinski definition) is 2. The molecule has 2 atom stereocenters. The summed E-state index contributed by atoms with van der Waals surface area (Å²) in [5.41, 5.74) is 4.27. The predicted molar refractivity (Wildman–Crippen MR) is 138 cm³/mol. The van der Waals surface area contributed by atoms with Gasteiger partial charge in [0, 0.05) is 28.2 Å². The first kappa shape index (κ1) is 28.9. The number of aryl methyl sites for hydroxylation is 2. The highest BCUT2D eigenvalue weighted by atomic mass is 31.2. The summed E-state index contributed by atoms with van der Waals surface area (Å²) in [4.78, 5) is 19.2. The molecule has 0 aliphatic rings. The first-order valence-electron chi connectivity index (χ1n) is 11.6. The van der Waals surface area contributed by atoms with Crippen LogP contribution in [0.1, 0.15) is 102 Å². The minimum absolute atomic E-state index is 0.296. The maximum absolute atomic E-state index is 13.9. The van der Waals surface area contributed by atoms with E-state index in [2.05, 4.69) is 0 Å². The lowest BCUT2D eigenvalue weighted by molar-refractivity contribution is 0.417. The number of halogens is 2. The molecule has 0 radical (unpaired) electrons. The summed E-state index contributed by atoms with van der Waals surface area (Å²) in [5.74, 6) is 0.199. The smallest absolute Gasteiger partial charge is 0.423 e. The van der Waals surface area contributed by atoms with Crippen molar-refractivity contribution in [1.82, 2.24) is 0 Å². The lowest BCUT2D eigenvalue weighted by Gasteiger charge is -2.30. The van der Waals surface area contributed by atoms with Crippen LogP contribution in [0.25, 0.3) is 0 Å². The van der Waals surface area contributed by atoms with Crippen LogP contribution in [0.5, 0.6) is 11.5 Å². The Bertz CT molecular complexity index is 916.